The molecule has 20 heavy (non-hydrogen) atoms. The van der Waals surface area contributed by atoms with E-state index >= 15 is 0 Å². The molecule has 1 aliphatic carbocycles. The average Bonchev–Trinajstić information content (AvgIpc) is 2.35. The van der Waals surface area contributed by atoms with E-state index in [9.17, 15) is 8.42 Å². The van der Waals surface area contributed by atoms with E-state index in [0.29, 0.717) is 4.47 Å². The van der Waals surface area contributed by atoms with Gasteiger partial charge >= 0.3 is 0 Å². The topological polar surface area (TPSA) is 59.1 Å². The fraction of sp³-hybridized carbons (Fsp3) is 0.615. The van der Waals surface area contributed by atoms with E-state index in [1.54, 1.807) is 0 Å². The zero-order chi connectivity index (χ0) is 14.6. The third-order valence-corrected chi connectivity index (χ3v) is 5.87. The van der Waals surface area contributed by atoms with Gasteiger partial charge in [-0.3, -0.25) is 0 Å². The highest BCUT2D eigenvalue weighted by Crippen LogP contribution is 2.24. The number of aromatic nitrogens is 1. The standard InChI is InChI=1S/C13H18BrClN2O2S/c14-10-8-12(13(15)16-9-10)20(18,19)17-11-6-4-2-1-3-5-7-11/h8-9,11,17H,1-7H2. The molecular weight excluding hydrogens is 364 g/mol. The van der Waals surface area contributed by atoms with Crippen LogP contribution in [0.3, 0.4) is 0 Å². The fourth-order valence-corrected chi connectivity index (χ4v) is 4.70. The number of pyridine rings is 1. The van der Waals surface area contributed by atoms with Gasteiger partial charge in [0.15, 0.2) is 0 Å². The van der Waals surface area contributed by atoms with Crippen LogP contribution in [0.4, 0.5) is 0 Å². The van der Waals surface area contributed by atoms with Gasteiger partial charge in [-0.05, 0) is 34.8 Å². The van der Waals surface area contributed by atoms with E-state index in [1.807, 2.05) is 0 Å². The van der Waals surface area contributed by atoms with Crippen molar-refractivity contribution < 1.29 is 8.42 Å². The molecule has 0 aromatic carbocycles. The van der Waals surface area contributed by atoms with Crippen molar-refractivity contribution in [3.05, 3.63) is 21.9 Å². The second-order valence-electron chi connectivity index (χ2n) is 5.11. The van der Waals surface area contributed by atoms with E-state index in [4.69, 9.17) is 11.6 Å². The van der Waals surface area contributed by atoms with E-state index < -0.39 is 10.0 Å². The Balaban J connectivity index is 2.15. The van der Waals surface area contributed by atoms with Gasteiger partial charge in [0.2, 0.25) is 10.0 Å². The molecule has 0 radical (unpaired) electrons. The third-order valence-electron chi connectivity index (χ3n) is 3.49. The van der Waals surface area contributed by atoms with E-state index in [0.717, 1.165) is 25.7 Å². The van der Waals surface area contributed by atoms with Gasteiger partial charge in [0.25, 0.3) is 0 Å². The molecule has 112 valence electrons. The molecule has 0 amide bonds. The van der Waals surface area contributed by atoms with Crippen molar-refractivity contribution >= 4 is 37.6 Å². The van der Waals surface area contributed by atoms with Crippen molar-refractivity contribution in [3.8, 4) is 0 Å². The summed E-state index contributed by atoms with van der Waals surface area (Å²) in [5.74, 6) is 0. The molecule has 1 fully saturated rings. The molecule has 0 unspecified atom stereocenters. The van der Waals surface area contributed by atoms with Gasteiger partial charge in [0.1, 0.15) is 10.0 Å². The highest BCUT2D eigenvalue weighted by molar-refractivity contribution is 9.10. The van der Waals surface area contributed by atoms with Crippen molar-refractivity contribution in [1.82, 2.24) is 9.71 Å². The van der Waals surface area contributed by atoms with Crippen LogP contribution in [0, 0.1) is 0 Å². The van der Waals surface area contributed by atoms with Gasteiger partial charge in [-0.25, -0.2) is 18.1 Å². The summed E-state index contributed by atoms with van der Waals surface area (Å²) in [5.41, 5.74) is 0. The predicted molar refractivity (Wildman–Crippen MR) is 83.4 cm³/mol. The Morgan fingerprint density at radius 3 is 2.45 bits per heavy atom. The summed E-state index contributed by atoms with van der Waals surface area (Å²) in [5, 5.41) is 0.00606. The van der Waals surface area contributed by atoms with Crippen molar-refractivity contribution in [1.29, 1.82) is 0 Å². The Hall–Kier alpha value is -0.170. The van der Waals surface area contributed by atoms with Crippen LogP contribution in [0.25, 0.3) is 0 Å². The smallest absolute Gasteiger partial charge is 0.242 e. The Bertz CT molecular complexity index is 557. The molecule has 0 spiro atoms. The maximum absolute atomic E-state index is 12.4. The molecule has 2 rings (SSSR count). The summed E-state index contributed by atoms with van der Waals surface area (Å²) < 4.78 is 28.2. The molecule has 0 bridgehead atoms. The number of hydrogen-bond acceptors (Lipinski definition) is 3. The van der Waals surface area contributed by atoms with E-state index in [2.05, 4.69) is 25.6 Å². The van der Waals surface area contributed by atoms with Gasteiger partial charge in [0.05, 0.1) is 0 Å². The fourth-order valence-electron chi connectivity index (χ4n) is 2.45. The first kappa shape index (κ1) is 16.2. The lowest BCUT2D eigenvalue weighted by atomic mass is 9.97. The second-order valence-corrected chi connectivity index (χ2v) is 8.06. The van der Waals surface area contributed by atoms with Crippen LogP contribution >= 0.6 is 27.5 Å². The minimum atomic E-state index is -3.62. The average molecular weight is 382 g/mol. The molecular formula is C13H18BrClN2O2S. The molecule has 1 aliphatic rings. The lowest BCUT2D eigenvalue weighted by Gasteiger charge is -2.21. The normalized spacial score (nSPS) is 18.5. The second kappa shape index (κ2) is 7.20. The van der Waals surface area contributed by atoms with Crippen molar-refractivity contribution in [2.45, 2.75) is 55.9 Å². The molecule has 7 heteroatoms. The summed E-state index contributed by atoms with van der Waals surface area (Å²) in [6, 6.07) is 1.48. The van der Waals surface area contributed by atoms with Gasteiger partial charge in [-0.2, -0.15) is 0 Å². The van der Waals surface area contributed by atoms with Crippen molar-refractivity contribution in [2.24, 2.45) is 0 Å². The molecule has 4 nitrogen and oxygen atoms in total. The monoisotopic (exact) mass is 380 g/mol. The molecule has 1 aromatic heterocycles. The number of nitrogens with one attached hydrogen (secondary N) is 1. The maximum atomic E-state index is 12.4. The molecule has 0 atom stereocenters. The number of hydrogen-bond donors (Lipinski definition) is 1. The summed E-state index contributed by atoms with van der Waals surface area (Å²) in [6.07, 6.45) is 9.00. The molecule has 1 N–H and O–H groups in total. The Labute approximate surface area is 133 Å². The van der Waals surface area contributed by atoms with Crippen molar-refractivity contribution in [3.63, 3.8) is 0 Å². The summed E-state index contributed by atoms with van der Waals surface area (Å²) in [6.45, 7) is 0. The molecule has 1 heterocycles. The van der Waals surface area contributed by atoms with Crippen LogP contribution in [-0.4, -0.2) is 19.4 Å². The number of halogens is 2. The highest BCUT2D eigenvalue weighted by Gasteiger charge is 2.23. The quantitative estimate of drug-likeness (QED) is 0.808. The zero-order valence-corrected chi connectivity index (χ0v) is 14.3. The van der Waals surface area contributed by atoms with E-state index in [1.165, 1.54) is 31.5 Å². The predicted octanol–water partition coefficient (Wildman–Crippen LogP) is 3.89. The SMILES string of the molecule is O=S(=O)(NC1CCCCCCC1)c1cc(Br)cnc1Cl. The summed E-state index contributed by atoms with van der Waals surface area (Å²) in [4.78, 5) is 3.91. The van der Waals surface area contributed by atoms with Crippen LogP contribution in [0.2, 0.25) is 5.15 Å². The summed E-state index contributed by atoms with van der Waals surface area (Å²) >= 11 is 9.13. The first-order valence-electron chi connectivity index (χ1n) is 6.82. The molecule has 1 aromatic rings. The van der Waals surface area contributed by atoms with Crippen LogP contribution in [-0.2, 0) is 10.0 Å². The Morgan fingerprint density at radius 2 is 1.80 bits per heavy atom. The van der Waals surface area contributed by atoms with Gasteiger partial charge in [0, 0.05) is 16.7 Å². The lowest BCUT2D eigenvalue weighted by Crippen LogP contribution is -2.35. The Morgan fingerprint density at radius 1 is 1.20 bits per heavy atom. The zero-order valence-electron chi connectivity index (χ0n) is 11.1. The van der Waals surface area contributed by atoms with Gasteiger partial charge in [-0.1, -0.05) is 43.7 Å². The molecule has 1 saturated carbocycles. The number of rotatable bonds is 3. The maximum Gasteiger partial charge on any atom is 0.243 e. The summed E-state index contributed by atoms with van der Waals surface area (Å²) in [7, 11) is -3.62. The van der Waals surface area contributed by atoms with Crippen LogP contribution in [0.15, 0.2) is 21.6 Å². The van der Waals surface area contributed by atoms with Crippen LogP contribution < -0.4 is 4.72 Å². The number of sulfonamides is 1. The highest BCUT2D eigenvalue weighted by atomic mass is 79.9. The third kappa shape index (κ3) is 4.41. The largest absolute Gasteiger partial charge is 0.243 e. The number of nitrogens with zero attached hydrogens (tertiary/aromatic N) is 1. The van der Waals surface area contributed by atoms with Gasteiger partial charge < -0.3 is 0 Å². The van der Waals surface area contributed by atoms with Crippen molar-refractivity contribution in [2.75, 3.05) is 0 Å². The first-order valence-corrected chi connectivity index (χ1v) is 9.48. The lowest BCUT2D eigenvalue weighted by molar-refractivity contribution is 0.426. The molecule has 0 aliphatic heterocycles. The van der Waals surface area contributed by atoms with Gasteiger partial charge in [-0.15, -0.1) is 0 Å². The minimum Gasteiger partial charge on any atom is -0.242 e. The van der Waals surface area contributed by atoms with E-state index in [-0.39, 0.29) is 16.1 Å². The first-order chi connectivity index (χ1) is 9.49. The van der Waals surface area contributed by atoms with Crippen LogP contribution in [0.5, 0.6) is 0 Å². The molecule has 0 saturated heterocycles. The van der Waals surface area contributed by atoms with Crippen LogP contribution in [0.1, 0.15) is 44.9 Å². The minimum absolute atomic E-state index is 0.00431. The Kier molecular flexibility index (Phi) is 5.84.